The second-order valence-electron chi connectivity index (χ2n) is 6.67. The molecule has 1 aliphatic carbocycles. The van der Waals surface area contributed by atoms with Gasteiger partial charge in [-0.15, -0.1) is 0 Å². The summed E-state index contributed by atoms with van der Waals surface area (Å²) >= 11 is 0. The Hall–Kier alpha value is -0.610. The molecule has 2 rings (SSSR count). The van der Waals surface area contributed by atoms with Gasteiger partial charge in [-0.2, -0.15) is 0 Å². The highest BCUT2D eigenvalue weighted by Crippen LogP contribution is 2.32. The summed E-state index contributed by atoms with van der Waals surface area (Å²) in [5.41, 5.74) is 0. The van der Waals surface area contributed by atoms with Crippen LogP contribution in [0.25, 0.3) is 0 Å². The molecule has 1 saturated carbocycles. The van der Waals surface area contributed by atoms with E-state index in [2.05, 4.69) is 19.2 Å². The molecule has 1 saturated heterocycles. The van der Waals surface area contributed by atoms with E-state index in [4.69, 9.17) is 0 Å². The third-order valence-corrected chi connectivity index (χ3v) is 5.46. The van der Waals surface area contributed by atoms with Crippen LogP contribution in [0.1, 0.15) is 65.2 Å². The molecule has 4 heteroatoms. The summed E-state index contributed by atoms with van der Waals surface area (Å²) < 4.78 is 0. The first-order valence-corrected chi connectivity index (χ1v) is 8.88. The highest BCUT2D eigenvalue weighted by molar-refractivity contribution is 5.82. The van der Waals surface area contributed by atoms with E-state index in [0.29, 0.717) is 12.6 Å². The molecule has 122 valence electrons. The number of carbonyl (C=O) groups is 1. The van der Waals surface area contributed by atoms with Crippen LogP contribution in [-0.2, 0) is 4.79 Å². The van der Waals surface area contributed by atoms with Gasteiger partial charge in [-0.05, 0) is 44.4 Å². The second kappa shape index (κ2) is 8.14. The minimum atomic E-state index is -0.0310. The minimum absolute atomic E-state index is 0.0310. The summed E-state index contributed by atoms with van der Waals surface area (Å²) in [6, 6.07) is 0.770. The zero-order valence-electron chi connectivity index (χ0n) is 13.7. The van der Waals surface area contributed by atoms with Crippen molar-refractivity contribution >= 4 is 5.91 Å². The number of nitrogens with zero attached hydrogens (tertiary/aromatic N) is 1. The van der Waals surface area contributed by atoms with Gasteiger partial charge in [0, 0.05) is 18.6 Å². The van der Waals surface area contributed by atoms with Crippen molar-refractivity contribution in [1.29, 1.82) is 0 Å². The lowest BCUT2D eigenvalue weighted by Gasteiger charge is -2.42. The zero-order valence-corrected chi connectivity index (χ0v) is 13.7. The van der Waals surface area contributed by atoms with Crippen LogP contribution in [-0.4, -0.2) is 47.2 Å². The van der Waals surface area contributed by atoms with Gasteiger partial charge < -0.3 is 15.3 Å². The van der Waals surface area contributed by atoms with Gasteiger partial charge in [-0.3, -0.25) is 4.79 Å². The summed E-state index contributed by atoms with van der Waals surface area (Å²) in [7, 11) is 0. The van der Waals surface area contributed by atoms with Gasteiger partial charge in [0.05, 0.1) is 12.6 Å². The van der Waals surface area contributed by atoms with E-state index >= 15 is 0 Å². The quantitative estimate of drug-likeness (QED) is 0.791. The van der Waals surface area contributed by atoms with E-state index in [9.17, 15) is 9.90 Å². The fraction of sp³-hybridized carbons (Fsp3) is 0.941. The number of amides is 1. The standard InChI is InChI=1S/C17H32N2O2/c1-3-14(4-2)19(11-12-20)17(21)16-10-9-13-7-5-6-8-15(13)18-16/h13-16,18,20H,3-12H2,1-2H3. The molecule has 2 fully saturated rings. The summed E-state index contributed by atoms with van der Waals surface area (Å²) in [4.78, 5) is 14.8. The van der Waals surface area contributed by atoms with Crippen LogP contribution >= 0.6 is 0 Å². The molecule has 2 aliphatic rings. The zero-order chi connectivity index (χ0) is 15.2. The Labute approximate surface area is 129 Å². The summed E-state index contributed by atoms with van der Waals surface area (Å²) in [5, 5.41) is 12.9. The third kappa shape index (κ3) is 3.98. The number of carbonyl (C=O) groups excluding carboxylic acids is 1. The number of hydrogen-bond donors (Lipinski definition) is 2. The number of fused-ring (bicyclic) bond motifs is 1. The molecule has 1 heterocycles. The third-order valence-electron chi connectivity index (χ3n) is 5.46. The highest BCUT2D eigenvalue weighted by Gasteiger charge is 2.36. The Balaban J connectivity index is 1.99. The van der Waals surface area contributed by atoms with Crippen molar-refractivity contribution in [3.63, 3.8) is 0 Å². The van der Waals surface area contributed by atoms with Gasteiger partial charge in [0.15, 0.2) is 0 Å². The Morgan fingerprint density at radius 1 is 1.19 bits per heavy atom. The van der Waals surface area contributed by atoms with E-state index in [1.807, 2.05) is 4.90 Å². The van der Waals surface area contributed by atoms with E-state index in [0.717, 1.165) is 25.2 Å². The Kier molecular flexibility index (Phi) is 6.49. The van der Waals surface area contributed by atoms with Crippen molar-refractivity contribution in [2.45, 2.75) is 83.3 Å². The largest absolute Gasteiger partial charge is 0.395 e. The minimum Gasteiger partial charge on any atom is -0.395 e. The maximum absolute atomic E-state index is 12.9. The van der Waals surface area contributed by atoms with E-state index < -0.39 is 0 Å². The normalized spacial score (nSPS) is 29.2. The lowest BCUT2D eigenvalue weighted by molar-refractivity contribution is -0.138. The second-order valence-corrected chi connectivity index (χ2v) is 6.67. The first-order chi connectivity index (χ1) is 10.2. The van der Waals surface area contributed by atoms with Gasteiger partial charge in [0.25, 0.3) is 0 Å². The lowest BCUT2D eigenvalue weighted by Crippen LogP contribution is -2.57. The van der Waals surface area contributed by atoms with Gasteiger partial charge in [0.2, 0.25) is 5.91 Å². The molecule has 1 amide bonds. The first kappa shape index (κ1) is 16.8. The van der Waals surface area contributed by atoms with Crippen LogP contribution in [0.4, 0.5) is 0 Å². The number of aliphatic hydroxyl groups excluding tert-OH is 1. The molecule has 3 unspecified atom stereocenters. The van der Waals surface area contributed by atoms with E-state index in [1.54, 1.807) is 0 Å². The summed E-state index contributed by atoms with van der Waals surface area (Å²) in [6.45, 7) is 4.77. The molecular formula is C17H32N2O2. The molecule has 0 aromatic heterocycles. The maximum Gasteiger partial charge on any atom is 0.240 e. The molecule has 0 spiro atoms. The molecule has 2 N–H and O–H groups in total. The average Bonchev–Trinajstić information content (AvgIpc) is 2.54. The molecular weight excluding hydrogens is 264 g/mol. The lowest BCUT2D eigenvalue weighted by atomic mass is 9.77. The van der Waals surface area contributed by atoms with E-state index in [-0.39, 0.29) is 24.6 Å². The van der Waals surface area contributed by atoms with Gasteiger partial charge in [0.1, 0.15) is 0 Å². The van der Waals surface area contributed by atoms with Crippen LogP contribution in [0.2, 0.25) is 0 Å². The van der Waals surface area contributed by atoms with Gasteiger partial charge >= 0.3 is 0 Å². The van der Waals surface area contributed by atoms with Crippen molar-refractivity contribution in [2.75, 3.05) is 13.2 Å². The maximum atomic E-state index is 12.9. The predicted octanol–water partition coefficient (Wildman–Crippen LogP) is 2.31. The van der Waals surface area contributed by atoms with E-state index in [1.165, 1.54) is 32.1 Å². The van der Waals surface area contributed by atoms with Crippen molar-refractivity contribution in [1.82, 2.24) is 10.2 Å². The number of nitrogens with one attached hydrogen (secondary N) is 1. The number of hydrogen-bond acceptors (Lipinski definition) is 3. The molecule has 0 radical (unpaired) electrons. The Morgan fingerprint density at radius 2 is 1.90 bits per heavy atom. The summed E-state index contributed by atoms with van der Waals surface area (Å²) in [5.74, 6) is 0.990. The van der Waals surface area contributed by atoms with Crippen LogP contribution in [0.5, 0.6) is 0 Å². The summed E-state index contributed by atoms with van der Waals surface area (Å²) in [6.07, 6.45) is 9.26. The number of rotatable bonds is 6. The number of aliphatic hydroxyl groups is 1. The topological polar surface area (TPSA) is 52.6 Å². The Morgan fingerprint density at radius 3 is 2.57 bits per heavy atom. The van der Waals surface area contributed by atoms with Crippen molar-refractivity contribution in [3.8, 4) is 0 Å². The van der Waals surface area contributed by atoms with Crippen LogP contribution < -0.4 is 5.32 Å². The molecule has 0 aromatic rings. The molecule has 21 heavy (non-hydrogen) atoms. The van der Waals surface area contributed by atoms with Crippen molar-refractivity contribution < 1.29 is 9.90 Å². The van der Waals surface area contributed by atoms with Crippen LogP contribution in [0, 0.1) is 5.92 Å². The van der Waals surface area contributed by atoms with Gasteiger partial charge in [-0.1, -0.05) is 26.7 Å². The molecule has 4 nitrogen and oxygen atoms in total. The van der Waals surface area contributed by atoms with Crippen molar-refractivity contribution in [3.05, 3.63) is 0 Å². The highest BCUT2D eigenvalue weighted by atomic mass is 16.3. The van der Waals surface area contributed by atoms with Crippen molar-refractivity contribution in [2.24, 2.45) is 5.92 Å². The smallest absolute Gasteiger partial charge is 0.240 e. The molecule has 3 atom stereocenters. The first-order valence-electron chi connectivity index (χ1n) is 8.88. The van der Waals surface area contributed by atoms with Gasteiger partial charge in [-0.25, -0.2) is 0 Å². The fourth-order valence-corrected chi connectivity index (χ4v) is 4.20. The monoisotopic (exact) mass is 296 g/mol. The molecule has 1 aliphatic heterocycles. The molecule has 0 bridgehead atoms. The fourth-order valence-electron chi connectivity index (χ4n) is 4.20. The average molecular weight is 296 g/mol. The van der Waals surface area contributed by atoms with Crippen LogP contribution in [0.15, 0.2) is 0 Å². The Bertz CT molecular complexity index is 331. The van der Waals surface area contributed by atoms with Crippen LogP contribution in [0.3, 0.4) is 0 Å². The molecule has 0 aromatic carbocycles. The predicted molar refractivity (Wildman–Crippen MR) is 85.1 cm³/mol. The SMILES string of the molecule is CCC(CC)N(CCO)C(=O)C1CCC2CCCCC2N1. The number of piperidine rings is 1.